The Morgan fingerprint density at radius 1 is 0.920 bits per heavy atom. The second kappa shape index (κ2) is 11.2. The number of nitrogens with two attached hydrogens (primary N) is 1. The topological polar surface area (TPSA) is 171 Å². The zero-order valence-electron chi connectivity index (χ0n) is 13.8. The van der Waals surface area contributed by atoms with Crippen LogP contribution in [0.3, 0.4) is 0 Å². The van der Waals surface area contributed by atoms with E-state index in [-0.39, 0.29) is 11.5 Å². The number of hydrogen-bond donors (Lipinski definition) is 8. The summed E-state index contributed by atoms with van der Waals surface area (Å²) in [5.74, 6) is -3.72. The lowest BCUT2D eigenvalue weighted by Gasteiger charge is -2.24. The molecule has 5 unspecified atom stereocenters. The number of carbonyl (C=O) groups excluding carboxylic acids is 3. The van der Waals surface area contributed by atoms with Crippen LogP contribution in [0.1, 0.15) is 13.8 Å². The van der Waals surface area contributed by atoms with Gasteiger partial charge in [-0.05, 0) is 13.8 Å². The highest BCUT2D eigenvalue weighted by Crippen LogP contribution is 1.98. The standard InChI is InChI=1S/C13H24N4O6S2/c1-5(14)10(19)15-7(3-24)11(20)16-8(4-25)12(21)17-9(6(2)18)13(22)23/h5-9,18,24-25H,3-4,14H2,1-2H3,(H,15,19)(H,16,20)(H,17,21)(H,22,23). The quantitative estimate of drug-likeness (QED) is 0.183. The number of aliphatic carboxylic acids is 1. The maximum absolute atomic E-state index is 12.2. The first-order chi connectivity index (χ1) is 11.5. The molecule has 0 saturated heterocycles. The average Bonchev–Trinajstić information content (AvgIpc) is 2.53. The molecule has 3 amide bonds. The van der Waals surface area contributed by atoms with E-state index in [2.05, 4.69) is 41.2 Å². The number of carboxylic acids is 1. The van der Waals surface area contributed by atoms with Crippen molar-refractivity contribution < 1.29 is 29.4 Å². The molecule has 0 aliphatic rings. The largest absolute Gasteiger partial charge is 0.480 e. The van der Waals surface area contributed by atoms with Crippen molar-refractivity contribution in [3.8, 4) is 0 Å². The first-order valence-corrected chi connectivity index (χ1v) is 8.60. The lowest BCUT2D eigenvalue weighted by molar-refractivity contribution is -0.145. The molecule has 25 heavy (non-hydrogen) atoms. The summed E-state index contributed by atoms with van der Waals surface area (Å²) in [4.78, 5) is 46.8. The zero-order chi connectivity index (χ0) is 19.7. The van der Waals surface area contributed by atoms with Crippen LogP contribution in [0.25, 0.3) is 0 Å². The molecule has 0 heterocycles. The van der Waals surface area contributed by atoms with Gasteiger partial charge in [0.15, 0.2) is 6.04 Å². The van der Waals surface area contributed by atoms with E-state index in [0.29, 0.717) is 0 Å². The lowest BCUT2D eigenvalue weighted by Crippen LogP contribution is -2.59. The number of nitrogens with one attached hydrogen (secondary N) is 3. The van der Waals surface area contributed by atoms with Crippen LogP contribution < -0.4 is 21.7 Å². The van der Waals surface area contributed by atoms with Gasteiger partial charge in [0.2, 0.25) is 17.7 Å². The molecule has 0 aromatic rings. The maximum atomic E-state index is 12.2. The number of rotatable bonds is 10. The highest BCUT2D eigenvalue weighted by atomic mass is 32.1. The fourth-order valence-corrected chi connectivity index (χ4v) is 2.12. The Kier molecular flexibility index (Phi) is 10.5. The third-order valence-corrected chi connectivity index (χ3v) is 3.82. The third-order valence-electron chi connectivity index (χ3n) is 3.09. The smallest absolute Gasteiger partial charge is 0.328 e. The molecule has 0 radical (unpaired) electrons. The van der Waals surface area contributed by atoms with Crippen molar-refractivity contribution in [3.63, 3.8) is 0 Å². The van der Waals surface area contributed by atoms with Crippen LogP contribution in [0.4, 0.5) is 0 Å². The Morgan fingerprint density at radius 2 is 1.32 bits per heavy atom. The fourth-order valence-electron chi connectivity index (χ4n) is 1.61. The molecule has 7 N–H and O–H groups in total. The van der Waals surface area contributed by atoms with Gasteiger partial charge in [-0.25, -0.2) is 4.79 Å². The van der Waals surface area contributed by atoms with E-state index >= 15 is 0 Å². The van der Waals surface area contributed by atoms with Gasteiger partial charge in [-0.3, -0.25) is 14.4 Å². The van der Waals surface area contributed by atoms with E-state index in [9.17, 15) is 24.3 Å². The van der Waals surface area contributed by atoms with Gasteiger partial charge in [0.25, 0.3) is 0 Å². The second-order valence-corrected chi connectivity index (χ2v) is 6.07. The summed E-state index contributed by atoms with van der Waals surface area (Å²) in [6, 6.07) is -4.58. The molecule has 0 saturated carbocycles. The molecule has 5 atom stereocenters. The normalized spacial score (nSPS) is 16.7. The van der Waals surface area contributed by atoms with E-state index in [1.54, 1.807) is 0 Å². The molecule has 0 aromatic carbocycles. The number of aliphatic hydroxyl groups excluding tert-OH is 1. The van der Waals surface area contributed by atoms with Crippen LogP contribution in [0.5, 0.6) is 0 Å². The highest BCUT2D eigenvalue weighted by molar-refractivity contribution is 7.80. The van der Waals surface area contributed by atoms with Gasteiger partial charge in [0.1, 0.15) is 12.1 Å². The maximum Gasteiger partial charge on any atom is 0.328 e. The minimum Gasteiger partial charge on any atom is -0.480 e. The monoisotopic (exact) mass is 396 g/mol. The van der Waals surface area contributed by atoms with E-state index in [1.807, 2.05) is 0 Å². The first kappa shape index (κ1) is 23.5. The minimum absolute atomic E-state index is 0.0450. The van der Waals surface area contributed by atoms with E-state index in [0.717, 1.165) is 0 Å². The van der Waals surface area contributed by atoms with Gasteiger partial charge in [-0.1, -0.05) is 0 Å². The summed E-state index contributed by atoms with van der Waals surface area (Å²) in [7, 11) is 0. The Labute approximate surface area is 156 Å². The molecule has 0 bridgehead atoms. The van der Waals surface area contributed by atoms with Crippen molar-refractivity contribution in [3.05, 3.63) is 0 Å². The van der Waals surface area contributed by atoms with Gasteiger partial charge >= 0.3 is 5.97 Å². The molecule has 0 fully saturated rings. The Morgan fingerprint density at radius 3 is 1.64 bits per heavy atom. The summed E-state index contributed by atoms with van der Waals surface area (Å²) in [6.45, 7) is 2.64. The zero-order valence-corrected chi connectivity index (χ0v) is 15.6. The number of amides is 3. The van der Waals surface area contributed by atoms with E-state index in [4.69, 9.17) is 10.8 Å². The minimum atomic E-state index is -1.54. The number of carbonyl (C=O) groups is 4. The molecule has 0 rings (SSSR count). The number of carboxylic acid groups (broad SMARTS) is 1. The van der Waals surface area contributed by atoms with Crippen LogP contribution >= 0.6 is 25.3 Å². The van der Waals surface area contributed by atoms with Gasteiger partial charge in [0.05, 0.1) is 12.1 Å². The summed E-state index contributed by atoms with van der Waals surface area (Å²) >= 11 is 7.91. The van der Waals surface area contributed by atoms with Crippen LogP contribution in [0.2, 0.25) is 0 Å². The first-order valence-electron chi connectivity index (χ1n) is 7.34. The average molecular weight is 396 g/mol. The molecule has 0 aliphatic heterocycles. The fraction of sp³-hybridized carbons (Fsp3) is 0.692. The number of hydrogen-bond acceptors (Lipinski definition) is 8. The predicted octanol–water partition coefficient (Wildman–Crippen LogP) is -2.89. The van der Waals surface area contributed by atoms with Crippen molar-refractivity contribution in [2.75, 3.05) is 11.5 Å². The summed E-state index contributed by atoms with van der Waals surface area (Å²) in [5, 5.41) is 25.1. The predicted molar refractivity (Wildman–Crippen MR) is 96.5 cm³/mol. The molecule has 12 heteroatoms. The molecular formula is C13H24N4O6S2. The van der Waals surface area contributed by atoms with Gasteiger partial charge in [-0.2, -0.15) is 25.3 Å². The highest BCUT2D eigenvalue weighted by Gasteiger charge is 2.30. The third kappa shape index (κ3) is 7.94. The van der Waals surface area contributed by atoms with Crippen molar-refractivity contribution in [1.29, 1.82) is 0 Å². The molecule has 144 valence electrons. The molecule has 10 nitrogen and oxygen atoms in total. The van der Waals surface area contributed by atoms with Crippen LogP contribution in [-0.2, 0) is 19.2 Å². The summed E-state index contributed by atoms with van der Waals surface area (Å²) in [6.07, 6.45) is -1.34. The molecule has 0 aliphatic carbocycles. The number of thiol groups is 2. The SMILES string of the molecule is CC(N)C(=O)NC(CS)C(=O)NC(CS)C(=O)NC(C(=O)O)C(C)O. The van der Waals surface area contributed by atoms with E-state index < -0.39 is 54.0 Å². The van der Waals surface area contributed by atoms with Gasteiger partial charge in [-0.15, -0.1) is 0 Å². The van der Waals surface area contributed by atoms with Gasteiger partial charge < -0.3 is 31.9 Å². The van der Waals surface area contributed by atoms with Crippen molar-refractivity contribution >= 4 is 48.9 Å². The molecular weight excluding hydrogens is 372 g/mol. The Bertz CT molecular complexity index is 503. The summed E-state index contributed by atoms with van der Waals surface area (Å²) < 4.78 is 0. The van der Waals surface area contributed by atoms with Crippen LogP contribution in [0.15, 0.2) is 0 Å². The number of aliphatic hydroxyl groups is 1. The lowest BCUT2D eigenvalue weighted by atomic mass is 10.1. The summed E-state index contributed by atoms with van der Waals surface area (Å²) in [5.41, 5.74) is 5.40. The Hall–Kier alpha value is -1.50. The van der Waals surface area contributed by atoms with Crippen LogP contribution in [-0.4, -0.2) is 75.7 Å². The van der Waals surface area contributed by atoms with Crippen molar-refractivity contribution in [2.24, 2.45) is 5.73 Å². The molecule has 0 spiro atoms. The van der Waals surface area contributed by atoms with Crippen molar-refractivity contribution in [2.45, 2.75) is 44.1 Å². The van der Waals surface area contributed by atoms with Gasteiger partial charge in [0, 0.05) is 11.5 Å². The van der Waals surface area contributed by atoms with E-state index in [1.165, 1.54) is 13.8 Å². The van der Waals surface area contributed by atoms with Crippen molar-refractivity contribution in [1.82, 2.24) is 16.0 Å². The van der Waals surface area contributed by atoms with Crippen LogP contribution in [0, 0.1) is 0 Å². The Balaban J connectivity index is 4.93. The second-order valence-electron chi connectivity index (χ2n) is 5.34. The molecule has 0 aromatic heterocycles.